The normalized spacial score (nSPS) is 15.3. The van der Waals surface area contributed by atoms with Crippen LogP contribution in [0.3, 0.4) is 0 Å². The van der Waals surface area contributed by atoms with Gasteiger partial charge in [0.15, 0.2) is 11.3 Å². The molecule has 3 aromatic rings. The summed E-state index contributed by atoms with van der Waals surface area (Å²) in [5, 5.41) is 2.64. The molecule has 0 unspecified atom stereocenters. The van der Waals surface area contributed by atoms with Gasteiger partial charge in [0.25, 0.3) is 0 Å². The molecular weight excluding hydrogens is 378 g/mol. The minimum absolute atomic E-state index is 0.00906. The van der Waals surface area contributed by atoms with Crippen molar-refractivity contribution in [3.05, 3.63) is 50.4 Å². The summed E-state index contributed by atoms with van der Waals surface area (Å²) in [6.45, 7) is 2.78. The van der Waals surface area contributed by atoms with E-state index in [-0.39, 0.29) is 5.43 Å². The van der Waals surface area contributed by atoms with Gasteiger partial charge in [0.05, 0.1) is 18.6 Å². The lowest BCUT2D eigenvalue weighted by atomic mass is 10.1. The van der Waals surface area contributed by atoms with E-state index in [1.165, 1.54) is 0 Å². The molecule has 0 radical (unpaired) electrons. The number of para-hydroxylation sites is 1. The molecule has 0 saturated carbocycles. The highest BCUT2D eigenvalue weighted by molar-refractivity contribution is 9.10. The molecule has 0 N–H and O–H groups in total. The summed E-state index contributed by atoms with van der Waals surface area (Å²) in [5.41, 5.74) is 1.59. The van der Waals surface area contributed by atoms with Crippen LogP contribution in [0.15, 0.2) is 49.4 Å². The van der Waals surface area contributed by atoms with Crippen LogP contribution in [-0.2, 0) is 4.74 Å². The summed E-state index contributed by atoms with van der Waals surface area (Å²) in [4.78, 5) is 15.6. The van der Waals surface area contributed by atoms with Crippen LogP contribution < -0.4 is 10.3 Å². The largest absolute Gasteiger partial charge is 0.440 e. The molecule has 0 amide bonds. The molecule has 1 aromatic carbocycles. The molecule has 3 heterocycles. The third-order valence-corrected chi connectivity index (χ3v) is 5.62. The van der Waals surface area contributed by atoms with Crippen LogP contribution in [0.4, 0.5) is 5.88 Å². The number of rotatable bonds is 2. The number of ether oxygens (including phenoxy) is 1. The molecule has 1 fully saturated rings. The van der Waals surface area contributed by atoms with Crippen molar-refractivity contribution in [1.82, 2.24) is 0 Å². The van der Waals surface area contributed by atoms with Gasteiger partial charge in [-0.15, -0.1) is 11.3 Å². The maximum Gasteiger partial charge on any atom is 0.200 e. The van der Waals surface area contributed by atoms with E-state index < -0.39 is 0 Å². The van der Waals surface area contributed by atoms with Gasteiger partial charge in [0.2, 0.25) is 0 Å². The lowest BCUT2D eigenvalue weighted by Crippen LogP contribution is -2.36. The number of benzene rings is 1. The van der Waals surface area contributed by atoms with Gasteiger partial charge in [-0.1, -0.05) is 6.07 Å². The summed E-state index contributed by atoms with van der Waals surface area (Å²) < 4.78 is 12.5. The highest BCUT2D eigenvalue weighted by atomic mass is 79.9. The maximum atomic E-state index is 12.5. The van der Waals surface area contributed by atoms with Gasteiger partial charge in [-0.25, -0.2) is 0 Å². The quantitative estimate of drug-likeness (QED) is 0.658. The van der Waals surface area contributed by atoms with Crippen LogP contribution in [0, 0.1) is 0 Å². The number of thiophene rings is 1. The monoisotopic (exact) mass is 391 g/mol. The van der Waals surface area contributed by atoms with Crippen molar-refractivity contribution in [2.24, 2.45) is 0 Å². The third kappa shape index (κ3) is 2.82. The molecule has 118 valence electrons. The zero-order valence-electron chi connectivity index (χ0n) is 12.3. The lowest BCUT2D eigenvalue weighted by Gasteiger charge is -2.27. The molecular formula is C17H14BrNO3S. The Balaban J connectivity index is 1.90. The number of hydrogen-bond acceptors (Lipinski definition) is 5. The molecule has 1 saturated heterocycles. The highest BCUT2D eigenvalue weighted by Gasteiger charge is 2.17. The van der Waals surface area contributed by atoms with E-state index >= 15 is 0 Å². The molecule has 0 spiro atoms. The summed E-state index contributed by atoms with van der Waals surface area (Å²) in [7, 11) is 0. The number of fused-ring (bicyclic) bond motifs is 1. The second-order valence-corrected chi connectivity index (χ2v) is 7.19. The van der Waals surface area contributed by atoms with Crippen LogP contribution in [-0.4, -0.2) is 26.3 Å². The second-order valence-electron chi connectivity index (χ2n) is 5.36. The number of morpholine rings is 1. The van der Waals surface area contributed by atoms with Crippen molar-refractivity contribution in [2.75, 3.05) is 31.2 Å². The predicted octanol–water partition coefficient (Wildman–Crippen LogP) is 4.12. The Morgan fingerprint density at radius 1 is 1.17 bits per heavy atom. The minimum Gasteiger partial charge on any atom is -0.440 e. The van der Waals surface area contributed by atoms with Gasteiger partial charge >= 0.3 is 0 Å². The maximum absolute atomic E-state index is 12.5. The van der Waals surface area contributed by atoms with Crippen LogP contribution >= 0.6 is 27.3 Å². The molecule has 4 rings (SSSR count). The number of nitrogens with zero attached hydrogens (tertiary/aromatic N) is 1. The van der Waals surface area contributed by atoms with Crippen LogP contribution in [0.5, 0.6) is 0 Å². The minimum atomic E-state index is -0.00906. The first kappa shape index (κ1) is 14.9. The Kier molecular flexibility index (Phi) is 3.97. The van der Waals surface area contributed by atoms with Crippen molar-refractivity contribution in [3.63, 3.8) is 0 Å². The first-order valence-electron chi connectivity index (χ1n) is 7.36. The van der Waals surface area contributed by atoms with Crippen LogP contribution in [0.2, 0.25) is 0 Å². The van der Waals surface area contributed by atoms with E-state index in [9.17, 15) is 4.79 Å². The Bertz CT molecular complexity index is 912. The molecule has 0 bridgehead atoms. The van der Waals surface area contributed by atoms with Gasteiger partial charge in [-0.3, -0.25) is 4.79 Å². The van der Waals surface area contributed by atoms with E-state index in [4.69, 9.17) is 9.15 Å². The van der Waals surface area contributed by atoms with Crippen LogP contribution in [0.1, 0.15) is 0 Å². The van der Waals surface area contributed by atoms with E-state index in [1.54, 1.807) is 17.4 Å². The molecule has 1 aliphatic rings. The van der Waals surface area contributed by atoms with E-state index in [2.05, 4.69) is 20.8 Å². The average molecular weight is 392 g/mol. The Morgan fingerprint density at radius 2 is 2.00 bits per heavy atom. The Morgan fingerprint density at radius 3 is 2.74 bits per heavy atom. The van der Waals surface area contributed by atoms with Gasteiger partial charge in [-0.05, 0) is 34.1 Å². The molecule has 6 heteroatoms. The standard InChI is InChI=1S/C17H14BrNO3S/c18-11-8-15(23-10-11)13-3-1-2-12-14(20)9-16(22-17(12)13)19-4-6-21-7-5-19/h1-3,8-10H,4-7H2. The van der Waals surface area contributed by atoms with Crippen molar-refractivity contribution >= 4 is 44.1 Å². The first-order chi connectivity index (χ1) is 11.2. The van der Waals surface area contributed by atoms with Crippen molar-refractivity contribution in [3.8, 4) is 10.4 Å². The number of hydrogen-bond donors (Lipinski definition) is 0. The van der Waals surface area contributed by atoms with E-state index in [1.807, 2.05) is 29.6 Å². The molecule has 1 aliphatic heterocycles. The highest BCUT2D eigenvalue weighted by Crippen LogP contribution is 2.35. The topological polar surface area (TPSA) is 42.7 Å². The zero-order valence-corrected chi connectivity index (χ0v) is 14.7. The van der Waals surface area contributed by atoms with Crippen molar-refractivity contribution in [2.45, 2.75) is 0 Å². The lowest BCUT2D eigenvalue weighted by molar-refractivity contribution is 0.121. The molecule has 0 atom stereocenters. The zero-order chi connectivity index (χ0) is 15.8. The predicted molar refractivity (Wildman–Crippen MR) is 96.5 cm³/mol. The SMILES string of the molecule is O=c1cc(N2CCOCC2)oc2c(-c3cc(Br)cs3)cccc12. The van der Waals surface area contributed by atoms with Gasteiger partial charge < -0.3 is 14.1 Å². The molecule has 4 nitrogen and oxygen atoms in total. The fourth-order valence-electron chi connectivity index (χ4n) is 2.75. The Labute approximate surface area is 145 Å². The van der Waals surface area contributed by atoms with Gasteiger partial charge in [0.1, 0.15) is 5.58 Å². The van der Waals surface area contributed by atoms with Crippen LogP contribution in [0.25, 0.3) is 21.4 Å². The summed E-state index contributed by atoms with van der Waals surface area (Å²) in [5.74, 6) is 0.619. The van der Waals surface area contributed by atoms with Gasteiger partial charge in [-0.2, -0.15) is 0 Å². The summed E-state index contributed by atoms with van der Waals surface area (Å²) in [6.07, 6.45) is 0. The molecule has 2 aromatic heterocycles. The second kappa shape index (κ2) is 6.11. The van der Waals surface area contributed by atoms with Gasteiger partial charge in [0, 0.05) is 39.4 Å². The number of anilines is 1. The number of halogens is 1. The summed E-state index contributed by atoms with van der Waals surface area (Å²) >= 11 is 5.10. The Hall–Kier alpha value is -1.63. The third-order valence-electron chi connectivity index (χ3n) is 3.90. The fraction of sp³-hybridized carbons (Fsp3) is 0.235. The van der Waals surface area contributed by atoms with E-state index in [0.717, 1.165) is 28.0 Å². The van der Waals surface area contributed by atoms with Crippen molar-refractivity contribution in [1.29, 1.82) is 0 Å². The average Bonchev–Trinajstić information content (AvgIpc) is 3.01. The van der Waals surface area contributed by atoms with Crippen molar-refractivity contribution < 1.29 is 9.15 Å². The fourth-order valence-corrected chi connectivity index (χ4v) is 4.20. The molecule has 23 heavy (non-hydrogen) atoms. The molecule has 0 aliphatic carbocycles. The smallest absolute Gasteiger partial charge is 0.200 e. The first-order valence-corrected chi connectivity index (χ1v) is 9.03. The summed E-state index contributed by atoms with van der Waals surface area (Å²) in [6, 6.07) is 9.34. The van der Waals surface area contributed by atoms with E-state index in [0.29, 0.717) is 30.1 Å².